The summed E-state index contributed by atoms with van der Waals surface area (Å²) in [6.45, 7) is 7.67. The van der Waals surface area contributed by atoms with Crippen LogP contribution in [0.4, 0.5) is 0 Å². The molecule has 0 atom stereocenters. The minimum atomic E-state index is -3.12. The molecule has 0 amide bonds. The molecule has 0 aliphatic carbocycles. The summed E-state index contributed by atoms with van der Waals surface area (Å²) in [6.07, 6.45) is 0. The largest absolute Gasteiger partial charge is 0.379 e. The molecule has 7 nitrogen and oxygen atoms in total. The highest BCUT2D eigenvalue weighted by molar-refractivity contribution is 8.93. The van der Waals surface area contributed by atoms with Crippen molar-refractivity contribution in [3.63, 3.8) is 0 Å². The van der Waals surface area contributed by atoms with Gasteiger partial charge in [-0.25, -0.2) is 8.42 Å². The van der Waals surface area contributed by atoms with Gasteiger partial charge >= 0.3 is 0 Å². The Hall–Kier alpha value is 0.230. The molecule has 2 fully saturated rings. The molecule has 0 unspecified atom stereocenters. The van der Waals surface area contributed by atoms with E-state index in [1.807, 2.05) is 0 Å². The predicted molar refractivity (Wildman–Crippen MR) is 70.6 cm³/mol. The molecule has 0 aromatic carbocycles. The monoisotopic (exact) mass is 336 g/mol. The molecule has 0 saturated carbocycles. The number of rotatable bonds is 0. The highest BCUT2D eigenvalue weighted by atomic mass is 79.9. The minimum Gasteiger partial charge on any atom is -0.379 e. The first-order chi connectivity index (χ1) is 7.73. The van der Waals surface area contributed by atoms with Crippen LogP contribution in [0.1, 0.15) is 0 Å². The van der Waals surface area contributed by atoms with Crippen molar-refractivity contribution in [3.05, 3.63) is 0 Å². The van der Waals surface area contributed by atoms with Crippen LogP contribution < -0.4 is 10.6 Å². The van der Waals surface area contributed by atoms with Crippen LogP contribution in [0.2, 0.25) is 0 Å². The van der Waals surface area contributed by atoms with Crippen LogP contribution in [-0.4, -0.2) is 65.6 Å². The summed E-state index contributed by atoms with van der Waals surface area (Å²) in [5, 5.41) is 6.32. The van der Waals surface area contributed by atoms with Crippen molar-refractivity contribution in [2.24, 2.45) is 0 Å². The average Bonchev–Trinajstić information content (AvgIpc) is 2.34. The smallest absolute Gasteiger partial charge is 0.254 e. The zero-order valence-corrected chi connectivity index (χ0v) is 12.2. The van der Waals surface area contributed by atoms with E-state index in [4.69, 9.17) is 22.4 Å². The summed E-state index contributed by atoms with van der Waals surface area (Å²) >= 11 is 0. The quantitative estimate of drug-likeness (QED) is 0.328. The maximum Gasteiger partial charge on any atom is 0.254 e. The number of morpholine rings is 2. The maximum atomic E-state index is 8.59. The fourth-order valence-corrected chi connectivity index (χ4v) is 1.03. The first-order valence-corrected chi connectivity index (χ1v) is 6.26. The van der Waals surface area contributed by atoms with E-state index < -0.39 is 11.0 Å². The van der Waals surface area contributed by atoms with Crippen molar-refractivity contribution in [2.75, 3.05) is 52.6 Å². The minimum absolute atomic E-state index is 0. The summed E-state index contributed by atoms with van der Waals surface area (Å²) in [4.78, 5) is 0. The Morgan fingerprint density at radius 1 is 0.824 bits per heavy atom. The van der Waals surface area contributed by atoms with Gasteiger partial charge in [0.2, 0.25) is 0 Å². The third kappa shape index (κ3) is 22.0. The Balaban J connectivity index is 0. The van der Waals surface area contributed by atoms with Crippen molar-refractivity contribution < 1.29 is 22.4 Å². The second kappa shape index (κ2) is 16.2. The van der Waals surface area contributed by atoms with Crippen molar-refractivity contribution in [2.45, 2.75) is 0 Å². The topological polar surface area (TPSA) is 96.9 Å². The van der Waals surface area contributed by atoms with E-state index in [0.29, 0.717) is 0 Å². The lowest BCUT2D eigenvalue weighted by Crippen LogP contribution is -2.30. The van der Waals surface area contributed by atoms with Gasteiger partial charge in [-0.2, -0.15) is 0 Å². The molecule has 0 bridgehead atoms. The molecule has 2 saturated heterocycles. The number of thiol groups is 1. The highest BCUT2D eigenvalue weighted by Crippen LogP contribution is 1.77. The number of hydrogen-bond donors (Lipinski definition) is 4. The van der Waals surface area contributed by atoms with Gasteiger partial charge in [0.15, 0.2) is 0 Å². The third-order valence-electron chi connectivity index (χ3n) is 1.69. The second-order valence-corrected chi connectivity index (χ2v) is 3.44. The van der Waals surface area contributed by atoms with E-state index in [9.17, 15) is 0 Å². The Morgan fingerprint density at radius 2 is 1.06 bits per heavy atom. The van der Waals surface area contributed by atoms with Crippen molar-refractivity contribution in [3.8, 4) is 0 Å². The number of nitrogens with one attached hydrogen (secondary N) is 2. The summed E-state index contributed by atoms with van der Waals surface area (Å²) in [7, 11) is -3.12. The lowest BCUT2D eigenvalue weighted by Gasteiger charge is -2.10. The average molecular weight is 337 g/mol. The number of halogens is 1. The van der Waals surface area contributed by atoms with Gasteiger partial charge in [0.1, 0.15) is 0 Å². The van der Waals surface area contributed by atoms with E-state index in [1.165, 1.54) is 0 Å². The van der Waals surface area contributed by atoms with Gasteiger partial charge in [-0.1, -0.05) is 0 Å². The second-order valence-electron chi connectivity index (χ2n) is 2.96. The Labute approximate surface area is 114 Å². The van der Waals surface area contributed by atoms with E-state index in [-0.39, 0.29) is 17.0 Å². The van der Waals surface area contributed by atoms with Crippen LogP contribution in [0, 0.1) is 0 Å². The highest BCUT2D eigenvalue weighted by Gasteiger charge is 1.93. The Kier molecular flexibility index (Phi) is 18.7. The summed E-state index contributed by atoms with van der Waals surface area (Å²) < 4.78 is 34.2. The third-order valence-corrected chi connectivity index (χ3v) is 1.69. The fourth-order valence-electron chi connectivity index (χ4n) is 1.03. The van der Waals surface area contributed by atoms with Crippen LogP contribution in [0.25, 0.3) is 0 Å². The maximum absolute atomic E-state index is 8.59. The SMILES string of the molecule is Br.C1COCCN1.C1COCCN1.O=[SH](=O)O. The molecular formula is C8H21BrN2O5S. The Morgan fingerprint density at radius 3 is 1.12 bits per heavy atom. The summed E-state index contributed by atoms with van der Waals surface area (Å²) in [5.41, 5.74) is 0. The number of ether oxygens (including phenoxy) is 2. The molecule has 0 spiro atoms. The predicted octanol–water partition coefficient (Wildman–Crippen LogP) is -1.14. The molecule has 2 aliphatic rings. The van der Waals surface area contributed by atoms with Crippen LogP contribution >= 0.6 is 17.0 Å². The Bertz CT molecular complexity index is 167. The molecule has 106 valence electrons. The van der Waals surface area contributed by atoms with E-state index >= 15 is 0 Å². The van der Waals surface area contributed by atoms with E-state index in [0.717, 1.165) is 52.6 Å². The summed E-state index contributed by atoms with van der Waals surface area (Å²) in [6, 6.07) is 0. The number of hydrogen-bond acceptors (Lipinski definition) is 6. The van der Waals surface area contributed by atoms with E-state index in [2.05, 4.69) is 10.6 Å². The molecule has 2 rings (SSSR count). The van der Waals surface area contributed by atoms with Gasteiger partial charge in [0.05, 0.1) is 26.4 Å². The van der Waals surface area contributed by atoms with Gasteiger partial charge in [-0.15, -0.1) is 17.0 Å². The first kappa shape index (κ1) is 19.6. The van der Waals surface area contributed by atoms with E-state index in [1.54, 1.807) is 0 Å². The molecule has 2 heterocycles. The van der Waals surface area contributed by atoms with Gasteiger partial charge in [-0.3, -0.25) is 4.55 Å². The molecule has 3 N–H and O–H groups in total. The molecule has 17 heavy (non-hydrogen) atoms. The van der Waals surface area contributed by atoms with Crippen LogP contribution in [0.3, 0.4) is 0 Å². The van der Waals surface area contributed by atoms with Crippen molar-refractivity contribution in [1.82, 2.24) is 10.6 Å². The first-order valence-electron chi connectivity index (χ1n) is 5.13. The molecule has 0 aromatic heterocycles. The normalized spacial score (nSPS) is 18.9. The fraction of sp³-hybridized carbons (Fsp3) is 1.00. The van der Waals surface area contributed by atoms with Gasteiger partial charge in [0.25, 0.3) is 11.0 Å². The molecule has 2 aliphatic heterocycles. The zero-order valence-electron chi connectivity index (χ0n) is 9.59. The van der Waals surface area contributed by atoms with Crippen molar-refractivity contribution >= 4 is 28.0 Å². The van der Waals surface area contributed by atoms with Crippen LogP contribution in [-0.2, 0) is 20.5 Å². The van der Waals surface area contributed by atoms with Crippen LogP contribution in [0.15, 0.2) is 0 Å². The molecule has 0 radical (unpaired) electrons. The lowest BCUT2D eigenvalue weighted by molar-refractivity contribution is 0.109. The van der Waals surface area contributed by atoms with Gasteiger partial charge in [-0.05, 0) is 0 Å². The summed E-state index contributed by atoms with van der Waals surface area (Å²) in [5.74, 6) is 0. The van der Waals surface area contributed by atoms with Crippen molar-refractivity contribution in [1.29, 1.82) is 0 Å². The van der Waals surface area contributed by atoms with Gasteiger partial charge < -0.3 is 20.1 Å². The lowest BCUT2D eigenvalue weighted by atomic mass is 10.5. The molecule has 0 aromatic rings. The van der Waals surface area contributed by atoms with Crippen LogP contribution in [0.5, 0.6) is 0 Å². The molecular weight excluding hydrogens is 316 g/mol. The van der Waals surface area contributed by atoms with Gasteiger partial charge in [0, 0.05) is 26.2 Å². The zero-order chi connectivity index (χ0) is 12.1. The standard InChI is InChI=1S/2C4H9NO.BrH.H2O3S/c2*1-3-6-4-2-5-1;;1-4(2)3/h2*5H,1-4H2;1H;4H,(H,1,2,3). The molecule has 9 heteroatoms.